The molecule has 1 heterocycles. The Hall–Kier alpha value is -1.02. The van der Waals surface area contributed by atoms with Gasteiger partial charge in [0.05, 0.1) is 0 Å². The second-order valence-corrected chi connectivity index (χ2v) is 6.94. The van der Waals surface area contributed by atoms with Gasteiger partial charge in [-0.1, -0.05) is 45.2 Å². The van der Waals surface area contributed by atoms with E-state index >= 15 is 0 Å². The molecular weight excluding hydrogens is 256 g/mol. The predicted octanol–water partition coefficient (Wildman–Crippen LogP) is 4.14. The Balaban J connectivity index is 1.84. The van der Waals surface area contributed by atoms with Gasteiger partial charge in [-0.05, 0) is 43.4 Å². The molecule has 0 amide bonds. The smallest absolute Gasteiger partial charge is 0.0412 e. The van der Waals surface area contributed by atoms with Crippen LogP contribution in [0.25, 0.3) is 0 Å². The molecule has 2 fully saturated rings. The Morgan fingerprint density at radius 1 is 1.19 bits per heavy atom. The molecule has 1 aromatic carbocycles. The Kier molecular flexibility index (Phi) is 4.54. The summed E-state index contributed by atoms with van der Waals surface area (Å²) in [5.74, 6) is 0. The number of rotatable bonds is 3. The summed E-state index contributed by atoms with van der Waals surface area (Å²) in [7, 11) is 0. The molecule has 1 saturated carbocycles. The molecule has 2 heteroatoms. The van der Waals surface area contributed by atoms with Crippen LogP contribution >= 0.6 is 0 Å². The summed E-state index contributed by atoms with van der Waals surface area (Å²) in [6.07, 6.45) is 9.27. The van der Waals surface area contributed by atoms with Crippen LogP contribution in [0.1, 0.15) is 57.9 Å². The second-order valence-electron chi connectivity index (χ2n) is 6.94. The summed E-state index contributed by atoms with van der Waals surface area (Å²) in [6.45, 7) is 6.91. The quantitative estimate of drug-likeness (QED) is 0.898. The van der Waals surface area contributed by atoms with E-state index < -0.39 is 0 Å². The maximum Gasteiger partial charge on any atom is 0.0412 e. The molecule has 1 aliphatic carbocycles. The number of benzene rings is 1. The molecule has 0 aromatic heterocycles. The number of nitrogens with one attached hydrogen (secondary N) is 1. The molecule has 2 nitrogen and oxygen atoms in total. The van der Waals surface area contributed by atoms with Crippen molar-refractivity contribution in [1.82, 2.24) is 5.32 Å². The van der Waals surface area contributed by atoms with Crippen LogP contribution in [0.4, 0.5) is 5.69 Å². The minimum atomic E-state index is 0.381. The summed E-state index contributed by atoms with van der Waals surface area (Å²) in [5.41, 5.74) is 3.28. The van der Waals surface area contributed by atoms with E-state index in [4.69, 9.17) is 0 Å². The van der Waals surface area contributed by atoms with Gasteiger partial charge in [0.1, 0.15) is 0 Å². The highest BCUT2D eigenvalue weighted by Gasteiger charge is 2.39. The summed E-state index contributed by atoms with van der Waals surface area (Å²) in [4.78, 5) is 2.70. The van der Waals surface area contributed by atoms with Gasteiger partial charge in [-0.2, -0.15) is 0 Å². The minimum absolute atomic E-state index is 0.381. The molecule has 1 aromatic rings. The van der Waals surface area contributed by atoms with Crippen molar-refractivity contribution < 1.29 is 0 Å². The molecule has 1 aliphatic heterocycles. The first-order valence-electron chi connectivity index (χ1n) is 8.87. The molecule has 1 atom stereocenters. The van der Waals surface area contributed by atoms with Gasteiger partial charge in [0, 0.05) is 30.4 Å². The van der Waals surface area contributed by atoms with E-state index in [1.54, 1.807) is 0 Å². The van der Waals surface area contributed by atoms with Gasteiger partial charge in [-0.15, -0.1) is 0 Å². The highest BCUT2D eigenvalue weighted by atomic mass is 15.3. The van der Waals surface area contributed by atoms with E-state index in [2.05, 4.69) is 48.3 Å². The van der Waals surface area contributed by atoms with Crippen molar-refractivity contribution >= 4 is 5.69 Å². The van der Waals surface area contributed by atoms with Crippen LogP contribution < -0.4 is 10.2 Å². The molecule has 0 radical (unpaired) electrons. The number of aryl methyl sites for hydroxylation is 1. The number of nitrogens with zero attached hydrogens (tertiary/aromatic N) is 1. The van der Waals surface area contributed by atoms with E-state index in [1.807, 2.05) is 0 Å². The fraction of sp³-hybridized carbons (Fsp3) is 0.684. The lowest BCUT2D eigenvalue weighted by atomic mass is 9.79. The van der Waals surface area contributed by atoms with E-state index in [1.165, 1.54) is 56.3 Å². The van der Waals surface area contributed by atoms with E-state index in [0.29, 0.717) is 11.6 Å². The van der Waals surface area contributed by atoms with Crippen molar-refractivity contribution in [1.29, 1.82) is 0 Å². The summed E-state index contributed by atoms with van der Waals surface area (Å²) in [5, 5.41) is 3.92. The van der Waals surface area contributed by atoms with Crippen molar-refractivity contribution in [3.8, 4) is 0 Å². The molecular formula is C19H30N2. The zero-order valence-electron chi connectivity index (χ0n) is 13.7. The number of hydrogen-bond donors (Lipinski definition) is 1. The first kappa shape index (κ1) is 14.9. The van der Waals surface area contributed by atoms with Gasteiger partial charge < -0.3 is 10.2 Å². The van der Waals surface area contributed by atoms with Crippen LogP contribution in [0.3, 0.4) is 0 Å². The van der Waals surface area contributed by atoms with E-state index in [9.17, 15) is 0 Å². The molecule has 2 aliphatic rings. The molecule has 1 N–H and O–H groups in total. The van der Waals surface area contributed by atoms with Crippen LogP contribution in [0.2, 0.25) is 0 Å². The zero-order chi connectivity index (χ0) is 14.7. The zero-order valence-corrected chi connectivity index (χ0v) is 13.7. The first-order valence-corrected chi connectivity index (χ1v) is 8.87. The molecule has 21 heavy (non-hydrogen) atoms. The van der Waals surface area contributed by atoms with Gasteiger partial charge in [0.2, 0.25) is 0 Å². The predicted molar refractivity (Wildman–Crippen MR) is 91.1 cm³/mol. The van der Waals surface area contributed by atoms with Crippen LogP contribution in [0.5, 0.6) is 0 Å². The van der Waals surface area contributed by atoms with Crippen molar-refractivity contribution in [3.63, 3.8) is 0 Å². The van der Waals surface area contributed by atoms with E-state index in [-0.39, 0.29) is 0 Å². The maximum absolute atomic E-state index is 3.92. The third-order valence-electron chi connectivity index (χ3n) is 5.56. The van der Waals surface area contributed by atoms with Crippen molar-refractivity contribution in [2.75, 3.05) is 18.0 Å². The monoisotopic (exact) mass is 286 g/mol. The third-order valence-corrected chi connectivity index (χ3v) is 5.56. The summed E-state index contributed by atoms with van der Waals surface area (Å²) < 4.78 is 0. The topological polar surface area (TPSA) is 15.3 Å². The molecule has 1 unspecified atom stereocenters. The average Bonchev–Trinajstić information content (AvgIpc) is 2.56. The molecule has 116 valence electrons. The molecule has 0 bridgehead atoms. The van der Waals surface area contributed by atoms with Gasteiger partial charge in [-0.25, -0.2) is 0 Å². The SMILES string of the molecule is CCc1cccc(N2CC3(CCCCC3)NCC2CC)c1. The molecule has 1 spiro atoms. The Labute approximate surface area is 129 Å². The third kappa shape index (κ3) is 3.11. The Bertz CT molecular complexity index is 462. The van der Waals surface area contributed by atoms with Crippen LogP contribution in [-0.2, 0) is 6.42 Å². The van der Waals surface area contributed by atoms with Crippen molar-refractivity contribution in [2.45, 2.75) is 70.4 Å². The summed E-state index contributed by atoms with van der Waals surface area (Å²) >= 11 is 0. The first-order chi connectivity index (χ1) is 10.3. The van der Waals surface area contributed by atoms with Crippen LogP contribution in [-0.4, -0.2) is 24.7 Å². The average molecular weight is 286 g/mol. The number of hydrogen-bond acceptors (Lipinski definition) is 2. The van der Waals surface area contributed by atoms with Crippen LogP contribution in [0.15, 0.2) is 24.3 Å². The van der Waals surface area contributed by atoms with Crippen LogP contribution in [0, 0.1) is 0 Å². The van der Waals surface area contributed by atoms with Crippen molar-refractivity contribution in [3.05, 3.63) is 29.8 Å². The second kappa shape index (κ2) is 6.39. The summed E-state index contributed by atoms with van der Waals surface area (Å²) in [6, 6.07) is 9.85. The molecule has 3 rings (SSSR count). The van der Waals surface area contributed by atoms with Gasteiger partial charge in [0.15, 0.2) is 0 Å². The minimum Gasteiger partial charge on any atom is -0.365 e. The fourth-order valence-corrected chi connectivity index (χ4v) is 4.14. The largest absolute Gasteiger partial charge is 0.365 e. The van der Waals surface area contributed by atoms with Gasteiger partial charge in [-0.3, -0.25) is 0 Å². The van der Waals surface area contributed by atoms with Gasteiger partial charge >= 0.3 is 0 Å². The lowest BCUT2D eigenvalue weighted by Crippen LogP contribution is -2.65. The highest BCUT2D eigenvalue weighted by Crippen LogP contribution is 2.34. The number of piperazine rings is 1. The Morgan fingerprint density at radius 3 is 2.71 bits per heavy atom. The molecule has 1 saturated heterocycles. The van der Waals surface area contributed by atoms with Crippen molar-refractivity contribution in [2.24, 2.45) is 0 Å². The Morgan fingerprint density at radius 2 is 2.00 bits per heavy atom. The van der Waals surface area contributed by atoms with Gasteiger partial charge in [0.25, 0.3) is 0 Å². The number of anilines is 1. The van der Waals surface area contributed by atoms with E-state index in [0.717, 1.165) is 13.0 Å². The highest BCUT2D eigenvalue weighted by molar-refractivity contribution is 5.51. The standard InChI is InChI=1S/C19H30N2/c1-3-16-9-8-10-18(13-16)21-15-19(11-6-5-7-12-19)20-14-17(21)4-2/h8-10,13,17,20H,3-7,11-12,14-15H2,1-2H3. The lowest BCUT2D eigenvalue weighted by molar-refractivity contribution is 0.196. The maximum atomic E-state index is 3.92. The lowest BCUT2D eigenvalue weighted by Gasteiger charge is -2.50. The normalized spacial score (nSPS) is 25.2. The fourth-order valence-electron chi connectivity index (χ4n) is 4.14.